The van der Waals surface area contributed by atoms with E-state index in [9.17, 15) is 0 Å². The van der Waals surface area contributed by atoms with Gasteiger partial charge in [0.1, 0.15) is 0 Å². The molecule has 0 nitrogen and oxygen atoms in total. The molecule has 2 heteroatoms. The molecule has 1 atom stereocenters. The summed E-state index contributed by atoms with van der Waals surface area (Å²) in [5, 5.41) is -0.00940. The Bertz CT molecular complexity index is 513. The molecule has 0 aliphatic heterocycles. The molecule has 0 bridgehead atoms. The van der Waals surface area contributed by atoms with E-state index in [4.69, 9.17) is 11.6 Å². The van der Waals surface area contributed by atoms with Crippen molar-refractivity contribution in [3.8, 4) is 0 Å². The summed E-state index contributed by atoms with van der Waals surface area (Å²) >= 11 is 8.45. The van der Waals surface area contributed by atoms with Crippen LogP contribution in [0.2, 0.25) is 0 Å². The molecule has 17 heavy (non-hydrogen) atoms. The summed E-state index contributed by atoms with van der Waals surface area (Å²) in [5.41, 5.74) is 3.90. The van der Waals surface area contributed by atoms with Crippen molar-refractivity contribution in [2.45, 2.75) is 32.6 Å². The first-order valence-electron chi connectivity index (χ1n) is 5.92. The summed E-state index contributed by atoms with van der Waals surface area (Å²) in [6.45, 7) is 6.45. The lowest BCUT2D eigenvalue weighted by atomic mass is 10.0. The van der Waals surface area contributed by atoms with Gasteiger partial charge in [0.2, 0.25) is 0 Å². The highest BCUT2D eigenvalue weighted by molar-refractivity contribution is 7.12. The second-order valence-electron chi connectivity index (χ2n) is 4.32. The standard InChI is InChI=1S/C15H17ClS/c1-4-12-7-5-6-8-13(12)14(16)15-10(2)9-11(3)17-15/h5-9,14H,4H2,1-3H3. The van der Waals surface area contributed by atoms with Gasteiger partial charge in [0, 0.05) is 9.75 Å². The van der Waals surface area contributed by atoms with Crippen LogP contribution < -0.4 is 0 Å². The molecule has 0 radical (unpaired) electrons. The van der Waals surface area contributed by atoms with Crippen LogP contribution in [0.3, 0.4) is 0 Å². The zero-order chi connectivity index (χ0) is 12.4. The molecule has 2 aromatic rings. The van der Waals surface area contributed by atoms with Crippen LogP contribution in [-0.2, 0) is 6.42 Å². The maximum absolute atomic E-state index is 6.64. The molecule has 0 N–H and O–H groups in total. The Labute approximate surface area is 112 Å². The highest BCUT2D eigenvalue weighted by atomic mass is 35.5. The number of benzene rings is 1. The fourth-order valence-electron chi connectivity index (χ4n) is 2.16. The van der Waals surface area contributed by atoms with Crippen molar-refractivity contribution in [2.24, 2.45) is 0 Å². The zero-order valence-corrected chi connectivity index (χ0v) is 12.0. The highest BCUT2D eigenvalue weighted by Crippen LogP contribution is 2.37. The lowest BCUT2D eigenvalue weighted by Gasteiger charge is -2.13. The first-order valence-corrected chi connectivity index (χ1v) is 7.17. The predicted octanol–water partition coefficient (Wildman–Crippen LogP) is 5.26. The summed E-state index contributed by atoms with van der Waals surface area (Å²) in [6.07, 6.45) is 1.03. The zero-order valence-electron chi connectivity index (χ0n) is 10.5. The van der Waals surface area contributed by atoms with Crippen molar-refractivity contribution in [3.63, 3.8) is 0 Å². The summed E-state index contributed by atoms with van der Waals surface area (Å²) < 4.78 is 0. The summed E-state index contributed by atoms with van der Waals surface area (Å²) in [7, 11) is 0. The molecule has 1 heterocycles. The van der Waals surface area contributed by atoms with Crippen molar-refractivity contribution in [1.82, 2.24) is 0 Å². The molecule has 2 rings (SSSR count). The van der Waals surface area contributed by atoms with Crippen molar-refractivity contribution in [3.05, 3.63) is 56.8 Å². The molecule has 0 amide bonds. The predicted molar refractivity (Wildman–Crippen MR) is 77.3 cm³/mol. The number of hydrogen-bond acceptors (Lipinski definition) is 1. The molecular weight excluding hydrogens is 248 g/mol. The lowest BCUT2D eigenvalue weighted by molar-refractivity contribution is 1.05. The van der Waals surface area contributed by atoms with Crippen molar-refractivity contribution in [1.29, 1.82) is 0 Å². The second-order valence-corrected chi connectivity index (χ2v) is 6.04. The van der Waals surface area contributed by atoms with E-state index in [1.54, 1.807) is 11.3 Å². The molecule has 1 aromatic heterocycles. The van der Waals surface area contributed by atoms with Gasteiger partial charge in [-0.25, -0.2) is 0 Å². The van der Waals surface area contributed by atoms with Crippen LogP contribution in [0.25, 0.3) is 0 Å². The molecule has 0 saturated heterocycles. The molecule has 0 aliphatic rings. The number of thiophene rings is 1. The van der Waals surface area contributed by atoms with Crippen LogP contribution in [-0.4, -0.2) is 0 Å². The summed E-state index contributed by atoms with van der Waals surface area (Å²) in [6, 6.07) is 10.7. The van der Waals surface area contributed by atoms with Gasteiger partial charge in [-0.15, -0.1) is 22.9 Å². The maximum atomic E-state index is 6.64. The largest absolute Gasteiger partial charge is 0.143 e. The van der Waals surface area contributed by atoms with Crippen LogP contribution in [0.1, 0.15) is 38.7 Å². The van der Waals surface area contributed by atoms with Crippen LogP contribution in [0.15, 0.2) is 30.3 Å². The van der Waals surface area contributed by atoms with Gasteiger partial charge in [-0.05, 0) is 43.0 Å². The number of halogens is 1. The third-order valence-electron chi connectivity index (χ3n) is 3.02. The average Bonchev–Trinajstić information content (AvgIpc) is 2.67. The Balaban J connectivity index is 2.43. The van der Waals surface area contributed by atoms with Crippen LogP contribution in [0.5, 0.6) is 0 Å². The minimum absolute atomic E-state index is 0.00940. The number of alkyl halides is 1. The van der Waals surface area contributed by atoms with Gasteiger partial charge in [0.15, 0.2) is 0 Å². The van der Waals surface area contributed by atoms with E-state index in [1.807, 2.05) is 0 Å². The lowest BCUT2D eigenvalue weighted by Crippen LogP contribution is -1.97. The molecule has 0 spiro atoms. The van der Waals surface area contributed by atoms with Gasteiger partial charge in [0.25, 0.3) is 0 Å². The Hall–Kier alpha value is -0.790. The number of rotatable bonds is 3. The second kappa shape index (κ2) is 5.24. The molecule has 0 saturated carbocycles. The average molecular weight is 265 g/mol. The fourth-order valence-corrected chi connectivity index (χ4v) is 3.71. The quantitative estimate of drug-likeness (QED) is 0.664. The van der Waals surface area contributed by atoms with Gasteiger partial charge in [-0.2, -0.15) is 0 Å². The molecule has 0 fully saturated rings. The van der Waals surface area contributed by atoms with Crippen LogP contribution >= 0.6 is 22.9 Å². The molecule has 0 aliphatic carbocycles. The van der Waals surface area contributed by atoms with Crippen molar-refractivity contribution in [2.75, 3.05) is 0 Å². The van der Waals surface area contributed by atoms with E-state index in [0.717, 1.165) is 6.42 Å². The van der Waals surface area contributed by atoms with Gasteiger partial charge in [-0.3, -0.25) is 0 Å². The SMILES string of the molecule is CCc1ccccc1C(Cl)c1sc(C)cc1C. The fraction of sp³-hybridized carbons (Fsp3) is 0.333. The minimum atomic E-state index is -0.00940. The van der Waals surface area contributed by atoms with Crippen LogP contribution in [0, 0.1) is 13.8 Å². The Morgan fingerprint density at radius 2 is 1.94 bits per heavy atom. The Morgan fingerprint density at radius 3 is 2.53 bits per heavy atom. The van der Waals surface area contributed by atoms with Gasteiger partial charge in [-0.1, -0.05) is 31.2 Å². The van der Waals surface area contributed by atoms with E-state index < -0.39 is 0 Å². The van der Waals surface area contributed by atoms with E-state index >= 15 is 0 Å². The Morgan fingerprint density at radius 1 is 1.24 bits per heavy atom. The van der Waals surface area contributed by atoms with Crippen molar-refractivity contribution < 1.29 is 0 Å². The van der Waals surface area contributed by atoms with E-state index in [-0.39, 0.29) is 5.38 Å². The topological polar surface area (TPSA) is 0 Å². The first-order chi connectivity index (χ1) is 8.13. The highest BCUT2D eigenvalue weighted by Gasteiger charge is 2.17. The molecule has 1 unspecified atom stereocenters. The van der Waals surface area contributed by atoms with Crippen molar-refractivity contribution >= 4 is 22.9 Å². The summed E-state index contributed by atoms with van der Waals surface area (Å²) in [4.78, 5) is 2.61. The van der Waals surface area contributed by atoms with Gasteiger partial charge >= 0.3 is 0 Å². The van der Waals surface area contributed by atoms with E-state index in [2.05, 4.69) is 51.1 Å². The molecule has 1 aromatic carbocycles. The smallest absolute Gasteiger partial charge is 0.0933 e. The maximum Gasteiger partial charge on any atom is 0.0933 e. The number of aryl methyl sites for hydroxylation is 3. The number of hydrogen-bond donors (Lipinski definition) is 0. The minimum Gasteiger partial charge on any atom is -0.143 e. The monoisotopic (exact) mass is 264 g/mol. The molecule has 90 valence electrons. The normalized spacial score (nSPS) is 12.7. The Kier molecular flexibility index (Phi) is 3.90. The summed E-state index contributed by atoms with van der Waals surface area (Å²) in [5.74, 6) is 0. The third kappa shape index (κ3) is 2.56. The molecular formula is C15H17ClS. The van der Waals surface area contributed by atoms with E-state index in [0.29, 0.717) is 0 Å². The third-order valence-corrected chi connectivity index (χ3v) is 4.82. The van der Waals surface area contributed by atoms with E-state index in [1.165, 1.54) is 26.4 Å². The first kappa shape index (κ1) is 12.7. The van der Waals surface area contributed by atoms with Crippen LogP contribution in [0.4, 0.5) is 0 Å². The van der Waals surface area contributed by atoms with Gasteiger partial charge in [0.05, 0.1) is 5.38 Å². The van der Waals surface area contributed by atoms with Gasteiger partial charge < -0.3 is 0 Å².